The molecule has 0 amide bonds. The van der Waals surface area contributed by atoms with Gasteiger partial charge in [0.15, 0.2) is 5.78 Å². The highest BCUT2D eigenvalue weighted by Gasteiger charge is 2.40. The van der Waals surface area contributed by atoms with Gasteiger partial charge in [0.25, 0.3) is 0 Å². The molecule has 4 aromatic rings. The van der Waals surface area contributed by atoms with E-state index in [0.29, 0.717) is 12.1 Å². The van der Waals surface area contributed by atoms with E-state index < -0.39 is 11.7 Å². The van der Waals surface area contributed by atoms with Gasteiger partial charge in [-0.3, -0.25) is 4.79 Å². The number of rotatable bonds is 3. The number of alkyl halides is 3. The molecule has 1 aliphatic heterocycles. The third kappa shape index (κ3) is 4.09. The molecule has 200 valence electrons. The summed E-state index contributed by atoms with van der Waals surface area (Å²) in [7, 11) is 0. The summed E-state index contributed by atoms with van der Waals surface area (Å²) in [5.41, 5.74) is 7.69. The number of Topliss-reactive ketones (excluding diaryl/α,β-unsaturated/α-hetero) is 1. The summed E-state index contributed by atoms with van der Waals surface area (Å²) >= 11 is 0. The molecule has 0 saturated heterocycles. The van der Waals surface area contributed by atoms with Crippen LogP contribution in [0.1, 0.15) is 64.5 Å². The van der Waals surface area contributed by atoms with Crippen molar-refractivity contribution in [2.24, 2.45) is 0 Å². The van der Waals surface area contributed by atoms with E-state index in [2.05, 4.69) is 5.32 Å². The molecular weight excluding hydrogens is 501 g/mol. The number of nitrogens with zero attached hydrogens (tertiary/aromatic N) is 3. The van der Waals surface area contributed by atoms with Crippen molar-refractivity contribution in [2.75, 3.05) is 5.32 Å². The lowest BCUT2D eigenvalue weighted by atomic mass is 9.76. The first-order chi connectivity index (χ1) is 18.5. The second-order valence-electron chi connectivity index (χ2n) is 10.5. The molecule has 3 heterocycles. The summed E-state index contributed by atoms with van der Waals surface area (Å²) in [6.07, 6.45) is -2.44. The van der Waals surface area contributed by atoms with E-state index in [9.17, 15) is 18.0 Å². The second kappa shape index (κ2) is 9.00. The monoisotopic (exact) mass is 530 g/mol. The third-order valence-electron chi connectivity index (χ3n) is 7.90. The Hall–Kier alpha value is -4.07. The molecule has 0 bridgehead atoms. The van der Waals surface area contributed by atoms with Crippen LogP contribution in [0, 0.1) is 27.7 Å². The van der Waals surface area contributed by atoms with E-state index in [4.69, 9.17) is 5.10 Å². The number of aromatic nitrogens is 3. The molecule has 0 radical (unpaired) electrons. The van der Waals surface area contributed by atoms with Gasteiger partial charge in [0, 0.05) is 46.2 Å². The number of halogens is 3. The molecule has 0 saturated carbocycles. The van der Waals surface area contributed by atoms with E-state index in [0.717, 1.165) is 75.5 Å². The van der Waals surface area contributed by atoms with Crippen molar-refractivity contribution in [2.45, 2.75) is 59.1 Å². The number of nitrogens with one attached hydrogen (secondary N) is 1. The maximum Gasteiger partial charge on any atom is 0.416 e. The van der Waals surface area contributed by atoms with Gasteiger partial charge >= 0.3 is 6.18 Å². The van der Waals surface area contributed by atoms with Crippen LogP contribution in [0.3, 0.4) is 0 Å². The van der Waals surface area contributed by atoms with Gasteiger partial charge in [-0.2, -0.15) is 18.3 Å². The van der Waals surface area contributed by atoms with Crippen LogP contribution >= 0.6 is 0 Å². The van der Waals surface area contributed by atoms with Crippen LogP contribution in [0.5, 0.6) is 0 Å². The summed E-state index contributed by atoms with van der Waals surface area (Å²) in [5, 5.41) is 8.45. The molecular formula is C31H29F3N4O. The standard InChI is InChI=1S/C31H29F3N4O/c1-17-11-13-22(14-12-17)38-30-27(19(3)36-38)28(29-25(35-30)9-6-10-26(29)39)24-15-18(2)37(20(24)4)23-8-5-7-21(16-23)31(32,33)34/h5,7-8,11-16,28,35H,6,9-10H2,1-4H3. The largest absolute Gasteiger partial charge is 0.416 e. The Morgan fingerprint density at radius 3 is 2.41 bits per heavy atom. The zero-order valence-electron chi connectivity index (χ0n) is 22.3. The van der Waals surface area contributed by atoms with Crippen LogP contribution in [0.4, 0.5) is 19.0 Å². The van der Waals surface area contributed by atoms with Crippen molar-refractivity contribution in [3.8, 4) is 11.4 Å². The first kappa shape index (κ1) is 25.2. The van der Waals surface area contributed by atoms with Crippen molar-refractivity contribution in [3.63, 3.8) is 0 Å². The van der Waals surface area contributed by atoms with Crippen molar-refractivity contribution in [3.05, 3.63) is 105 Å². The highest BCUT2D eigenvalue weighted by atomic mass is 19.4. The summed E-state index contributed by atoms with van der Waals surface area (Å²) in [4.78, 5) is 13.4. The Kier molecular flexibility index (Phi) is 5.82. The molecule has 2 aliphatic rings. The summed E-state index contributed by atoms with van der Waals surface area (Å²) in [6.45, 7) is 7.78. The fraction of sp³-hybridized carbons (Fsp3) is 0.290. The first-order valence-electron chi connectivity index (χ1n) is 13.1. The fourth-order valence-corrected chi connectivity index (χ4v) is 6.10. The van der Waals surface area contributed by atoms with Crippen molar-refractivity contribution in [1.29, 1.82) is 0 Å². The number of ketones is 1. The Balaban J connectivity index is 1.56. The Labute approximate surface area is 225 Å². The van der Waals surface area contributed by atoms with Crippen LogP contribution in [0.25, 0.3) is 11.4 Å². The maximum absolute atomic E-state index is 13.5. The molecule has 1 atom stereocenters. The molecule has 0 fully saturated rings. The van der Waals surface area contributed by atoms with E-state index in [1.165, 1.54) is 12.1 Å². The number of fused-ring (bicyclic) bond motifs is 1. The summed E-state index contributed by atoms with van der Waals surface area (Å²) < 4.78 is 44.3. The number of aryl methyl sites for hydroxylation is 3. The Bertz CT molecular complexity index is 1650. The maximum atomic E-state index is 13.5. The molecule has 6 rings (SSSR count). The van der Waals surface area contributed by atoms with Crippen LogP contribution < -0.4 is 5.32 Å². The average Bonchev–Trinajstić information content (AvgIpc) is 3.38. The predicted octanol–water partition coefficient (Wildman–Crippen LogP) is 7.48. The van der Waals surface area contributed by atoms with Gasteiger partial charge < -0.3 is 9.88 Å². The fourth-order valence-electron chi connectivity index (χ4n) is 6.10. The van der Waals surface area contributed by atoms with Gasteiger partial charge in [0.1, 0.15) is 5.82 Å². The number of carbonyl (C=O) groups excluding carboxylic acids is 1. The summed E-state index contributed by atoms with van der Waals surface area (Å²) in [5.74, 6) is 0.568. The van der Waals surface area contributed by atoms with Crippen molar-refractivity contribution < 1.29 is 18.0 Å². The first-order valence-corrected chi connectivity index (χ1v) is 13.1. The van der Waals surface area contributed by atoms with Gasteiger partial charge in [-0.15, -0.1) is 0 Å². The minimum atomic E-state index is -4.44. The SMILES string of the molecule is Cc1ccc(-n2nc(C)c3c2NC2=C(C(=O)CCC2)C3c2cc(C)n(-c3cccc(C(F)(F)F)c3)c2C)cc1. The normalized spacial score (nSPS) is 17.2. The molecule has 5 nitrogen and oxygen atoms in total. The predicted molar refractivity (Wildman–Crippen MR) is 145 cm³/mol. The third-order valence-corrected chi connectivity index (χ3v) is 7.90. The van der Waals surface area contributed by atoms with Gasteiger partial charge in [0.05, 0.1) is 16.9 Å². The topological polar surface area (TPSA) is 51.9 Å². The van der Waals surface area contributed by atoms with E-state index >= 15 is 0 Å². The lowest BCUT2D eigenvalue weighted by molar-refractivity contribution is -0.137. The lowest BCUT2D eigenvalue weighted by Gasteiger charge is -2.33. The molecule has 1 N–H and O–H groups in total. The average molecular weight is 531 g/mol. The molecule has 2 aromatic carbocycles. The molecule has 2 aromatic heterocycles. The molecule has 8 heteroatoms. The van der Waals surface area contributed by atoms with Crippen molar-refractivity contribution in [1.82, 2.24) is 14.3 Å². The molecule has 1 aliphatic carbocycles. The minimum Gasteiger partial charge on any atom is -0.343 e. The zero-order chi connectivity index (χ0) is 27.6. The van der Waals surface area contributed by atoms with Gasteiger partial charge in [-0.05, 0) is 82.5 Å². The van der Waals surface area contributed by atoms with Gasteiger partial charge in [-0.25, -0.2) is 4.68 Å². The summed E-state index contributed by atoms with van der Waals surface area (Å²) in [6, 6.07) is 15.5. The van der Waals surface area contributed by atoms with E-state index in [1.54, 1.807) is 6.07 Å². The smallest absolute Gasteiger partial charge is 0.343 e. The number of anilines is 1. The number of allylic oxidation sites excluding steroid dienone is 2. The number of benzene rings is 2. The van der Waals surface area contributed by atoms with E-state index in [-0.39, 0.29) is 11.7 Å². The highest BCUT2D eigenvalue weighted by molar-refractivity contribution is 6.01. The number of carbonyl (C=O) groups is 1. The van der Waals surface area contributed by atoms with E-state index in [1.807, 2.05) is 67.3 Å². The number of hydrogen-bond donors (Lipinski definition) is 1. The Morgan fingerprint density at radius 2 is 1.69 bits per heavy atom. The molecule has 1 unspecified atom stereocenters. The van der Waals surface area contributed by atoms with Crippen LogP contribution in [0.15, 0.2) is 65.9 Å². The zero-order valence-corrected chi connectivity index (χ0v) is 22.3. The van der Waals surface area contributed by atoms with Crippen molar-refractivity contribution >= 4 is 11.6 Å². The number of hydrogen-bond acceptors (Lipinski definition) is 3. The second-order valence-corrected chi connectivity index (χ2v) is 10.5. The Morgan fingerprint density at radius 1 is 0.949 bits per heavy atom. The molecule has 0 spiro atoms. The van der Waals surface area contributed by atoms with Crippen LogP contribution in [0.2, 0.25) is 0 Å². The lowest BCUT2D eigenvalue weighted by Crippen LogP contribution is -2.27. The molecule has 39 heavy (non-hydrogen) atoms. The highest BCUT2D eigenvalue weighted by Crippen LogP contribution is 2.48. The van der Waals surface area contributed by atoms with Crippen LogP contribution in [-0.4, -0.2) is 20.1 Å². The van der Waals surface area contributed by atoms with Gasteiger partial charge in [-0.1, -0.05) is 23.8 Å². The minimum absolute atomic E-state index is 0.103. The van der Waals surface area contributed by atoms with Gasteiger partial charge in [0.2, 0.25) is 0 Å². The quantitative estimate of drug-likeness (QED) is 0.299. The van der Waals surface area contributed by atoms with Crippen LogP contribution in [-0.2, 0) is 11.0 Å².